The molecule has 1 aliphatic carbocycles. The normalized spacial score (nSPS) is 18.1. The number of sulfone groups is 1. The molecule has 0 radical (unpaired) electrons. The van der Waals surface area contributed by atoms with E-state index >= 15 is 0 Å². The molecule has 0 bridgehead atoms. The van der Waals surface area contributed by atoms with Crippen molar-refractivity contribution in [3.63, 3.8) is 0 Å². The number of hydrogen-bond donors (Lipinski definition) is 0. The van der Waals surface area contributed by atoms with E-state index in [1.165, 1.54) is 43.5 Å². The Labute approximate surface area is 226 Å². The van der Waals surface area contributed by atoms with Crippen LogP contribution in [0.1, 0.15) is 35.5 Å². The van der Waals surface area contributed by atoms with E-state index in [2.05, 4.69) is 15.3 Å². The minimum absolute atomic E-state index is 0.0499. The number of aryl methyl sites for hydroxylation is 1. The van der Waals surface area contributed by atoms with Gasteiger partial charge < -0.3 is 4.57 Å². The molecule has 1 aliphatic rings. The molecule has 5 rings (SSSR count). The van der Waals surface area contributed by atoms with Gasteiger partial charge in [-0.15, -0.1) is 5.10 Å². The lowest BCUT2D eigenvalue weighted by atomic mass is 9.91. The summed E-state index contributed by atoms with van der Waals surface area (Å²) >= 11 is 0. The first kappa shape index (κ1) is 27.4. The number of halogens is 5. The van der Waals surface area contributed by atoms with Gasteiger partial charge in [0.2, 0.25) is 4.87 Å². The van der Waals surface area contributed by atoms with E-state index in [9.17, 15) is 30.4 Å². The van der Waals surface area contributed by atoms with Gasteiger partial charge in [0.25, 0.3) is 6.43 Å². The average Bonchev–Trinajstić information content (AvgIpc) is 3.55. The van der Waals surface area contributed by atoms with E-state index in [0.717, 1.165) is 21.7 Å². The molecule has 0 aliphatic heterocycles. The average molecular weight is 576 g/mol. The standard InChI is InChI=1S/C27H22F5N5O2S/c1-17-34-23(27(30,31)32)16-36(17)24-13-12-21(18-6-4-3-5-7-18)14-26(24,40(2,38)39)37-22(15-33-35-37)19-8-10-20(11-9-19)25(28)29/h3-13,15-16,25H,14H2,1-2H3. The Morgan fingerprint density at radius 3 is 2.23 bits per heavy atom. The number of nitrogens with zero attached hydrogens (tertiary/aromatic N) is 5. The van der Waals surface area contributed by atoms with Crippen molar-refractivity contribution in [2.24, 2.45) is 0 Å². The molecule has 0 saturated heterocycles. The number of hydrogen-bond acceptors (Lipinski definition) is 5. The largest absolute Gasteiger partial charge is 0.434 e. The van der Waals surface area contributed by atoms with E-state index < -0.39 is 33.0 Å². The lowest BCUT2D eigenvalue weighted by Crippen LogP contribution is -2.46. The highest BCUT2D eigenvalue weighted by Gasteiger charge is 2.52. The van der Waals surface area contributed by atoms with Gasteiger partial charge in [-0.05, 0) is 24.1 Å². The van der Waals surface area contributed by atoms with Crippen LogP contribution in [0.5, 0.6) is 0 Å². The third-order valence-electron chi connectivity index (χ3n) is 6.81. The van der Waals surface area contributed by atoms with Crippen molar-refractivity contribution < 1.29 is 30.4 Å². The third kappa shape index (κ3) is 4.63. The fourth-order valence-electron chi connectivity index (χ4n) is 4.85. The van der Waals surface area contributed by atoms with Gasteiger partial charge in [0.15, 0.2) is 15.5 Å². The van der Waals surface area contributed by atoms with Crippen LogP contribution >= 0.6 is 0 Å². The lowest BCUT2D eigenvalue weighted by Gasteiger charge is -2.38. The predicted molar refractivity (Wildman–Crippen MR) is 139 cm³/mol. The van der Waals surface area contributed by atoms with Crippen molar-refractivity contribution in [3.05, 3.63) is 102 Å². The predicted octanol–water partition coefficient (Wildman–Crippen LogP) is 6.13. The number of benzene rings is 2. The van der Waals surface area contributed by atoms with Crippen LogP contribution in [0.4, 0.5) is 22.0 Å². The number of rotatable bonds is 6. The summed E-state index contributed by atoms with van der Waals surface area (Å²) in [5, 5.41) is 8.05. The molecule has 1 atom stereocenters. The first-order valence-corrected chi connectivity index (χ1v) is 13.8. The zero-order valence-corrected chi connectivity index (χ0v) is 22.0. The maximum Gasteiger partial charge on any atom is 0.434 e. The van der Waals surface area contributed by atoms with E-state index in [1.807, 2.05) is 0 Å². The summed E-state index contributed by atoms with van der Waals surface area (Å²) in [5.41, 5.74) is 0.317. The molecule has 4 aromatic rings. The molecule has 208 valence electrons. The first-order chi connectivity index (χ1) is 18.8. The molecule has 13 heteroatoms. The molecule has 7 nitrogen and oxygen atoms in total. The number of alkyl halides is 5. The van der Waals surface area contributed by atoms with Gasteiger partial charge in [-0.2, -0.15) is 13.2 Å². The summed E-state index contributed by atoms with van der Waals surface area (Å²) in [4.78, 5) is 1.55. The number of allylic oxidation sites excluding steroid dienone is 3. The Kier molecular flexibility index (Phi) is 6.73. The highest BCUT2D eigenvalue weighted by molar-refractivity contribution is 7.91. The second-order valence-electron chi connectivity index (χ2n) is 9.34. The quantitative estimate of drug-likeness (QED) is 0.258. The summed E-state index contributed by atoms with van der Waals surface area (Å²) in [6.07, 6.45) is -1.61. The van der Waals surface area contributed by atoms with Gasteiger partial charge in [0, 0.05) is 30.0 Å². The van der Waals surface area contributed by atoms with Crippen LogP contribution < -0.4 is 0 Å². The summed E-state index contributed by atoms with van der Waals surface area (Å²) < 4.78 is 97.2. The molecule has 0 amide bonds. The summed E-state index contributed by atoms with van der Waals surface area (Å²) in [5.74, 6) is -0.0916. The Hall–Kier alpha value is -4.13. The van der Waals surface area contributed by atoms with Gasteiger partial charge in [-0.25, -0.2) is 26.9 Å². The first-order valence-electron chi connectivity index (χ1n) is 11.9. The second-order valence-corrected chi connectivity index (χ2v) is 11.6. The molecule has 2 aromatic carbocycles. The van der Waals surface area contributed by atoms with Crippen LogP contribution in [-0.2, 0) is 20.9 Å². The number of imidazole rings is 1. The minimum Gasteiger partial charge on any atom is -0.304 e. The minimum atomic E-state index is -4.77. The van der Waals surface area contributed by atoms with Crippen LogP contribution in [0.3, 0.4) is 0 Å². The van der Waals surface area contributed by atoms with Crippen LogP contribution in [0.2, 0.25) is 0 Å². The molecule has 1 unspecified atom stereocenters. The molecule has 2 aromatic heterocycles. The molecule has 40 heavy (non-hydrogen) atoms. The SMILES string of the molecule is Cc1nc(C(F)(F)F)cn1C1=CC=C(c2ccccc2)CC1(n1nncc1-c1ccc(C(F)F)cc1)S(C)(=O)=O. The summed E-state index contributed by atoms with van der Waals surface area (Å²) in [6, 6.07) is 14.1. The van der Waals surface area contributed by atoms with Crippen molar-refractivity contribution in [2.75, 3.05) is 6.26 Å². The molecular formula is C27H22F5N5O2S. The topological polar surface area (TPSA) is 82.7 Å². The second kappa shape index (κ2) is 9.81. The maximum absolute atomic E-state index is 13.9. The molecular weight excluding hydrogens is 553 g/mol. The fourth-order valence-corrected chi connectivity index (χ4v) is 6.26. The van der Waals surface area contributed by atoms with Gasteiger partial charge in [-0.3, -0.25) is 0 Å². The molecule has 0 fully saturated rings. The highest BCUT2D eigenvalue weighted by Crippen LogP contribution is 2.48. The summed E-state index contributed by atoms with van der Waals surface area (Å²) in [6.45, 7) is 1.34. The third-order valence-corrected chi connectivity index (χ3v) is 8.57. The lowest BCUT2D eigenvalue weighted by molar-refractivity contribution is -0.141. The zero-order chi connectivity index (χ0) is 28.9. The van der Waals surface area contributed by atoms with E-state index in [1.54, 1.807) is 36.4 Å². The Morgan fingerprint density at radius 2 is 1.65 bits per heavy atom. The Morgan fingerprint density at radius 1 is 0.975 bits per heavy atom. The number of aromatic nitrogens is 5. The van der Waals surface area contributed by atoms with Gasteiger partial charge >= 0.3 is 6.18 Å². The van der Waals surface area contributed by atoms with Crippen LogP contribution in [0, 0.1) is 6.92 Å². The van der Waals surface area contributed by atoms with Crippen molar-refractivity contribution in [3.8, 4) is 11.3 Å². The molecule has 2 heterocycles. The van der Waals surface area contributed by atoms with Crippen molar-refractivity contribution in [1.82, 2.24) is 24.5 Å². The molecule has 0 spiro atoms. The summed E-state index contributed by atoms with van der Waals surface area (Å²) in [7, 11) is -4.24. The Balaban J connectivity index is 1.79. The Bertz CT molecular complexity index is 1720. The van der Waals surface area contributed by atoms with Crippen molar-refractivity contribution in [2.45, 2.75) is 30.8 Å². The van der Waals surface area contributed by atoms with Crippen LogP contribution in [0.15, 0.2) is 79.1 Å². The van der Waals surface area contributed by atoms with E-state index in [-0.39, 0.29) is 29.2 Å². The fraction of sp³-hybridized carbons (Fsp3) is 0.222. The molecule has 0 N–H and O–H groups in total. The monoisotopic (exact) mass is 575 g/mol. The van der Waals surface area contributed by atoms with Gasteiger partial charge in [-0.1, -0.05) is 65.9 Å². The highest BCUT2D eigenvalue weighted by atomic mass is 32.2. The molecule has 0 saturated carbocycles. The van der Waals surface area contributed by atoms with Crippen LogP contribution in [0.25, 0.3) is 22.5 Å². The smallest absolute Gasteiger partial charge is 0.304 e. The van der Waals surface area contributed by atoms with Crippen molar-refractivity contribution >= 4 is 21.1 Å². The van der Waals surface area contributed by atoms with Crippen molar-refractivity contribution in [1.29, 1.82) is 0 Å². The van der Waals surface area contributed by atoms with Gasteiger partial charge in [0.05, 0.1) is 17.6 Å². The zero-order valence-electron chi connectivity index (χ0n) is 21.1. The van der Waals surface area contributed by atoms with E-state index in [4.69, 9.17) is 0 Å². The maximum atomic E-state index is 13.9. The van der Waals surface area contributed by atoms with E-state index in [0.29, 0.717) is 16.7 Å². The van der Waals surface area contributed by atoms with Crippen LogP contribution in [-0.4, -0.2) is 39.2 Å². The van der Waals surface area contributed by atoms with Gasteiger partial charge in [0.1, 0.15) is 5.82 Å².